The molecule has 4 aromatic rings. The average molecular weight is 332 g/mol. The first kappa shape index (κ1) is 13.6. The number of rotatable bonds is 2. The first-order valence-corrected chi connectivity index (χ1v) is 9.11. The highest BCUT2D eigenvalue weighted by Gasteiger charge is 2.52. The van der Waals surface area contributed by atoms with E-state index in [0.717, 1.165) is 22.6 Å². The van der Waals surface area contributed by atoms with E-state index < -0.39 is 0 Å². The van der Waals surface area contributed by atoms with E-state index in [4.69, 9.17) is 0 Å². The van der Waals surface area contributed by atoms with Crippen LogP contribution in [0.5, 0.6) is 0 Å². The number of fused-ring (bicyclic) bond motifs is 6. The molecule has 3 fully saturated rings. The maximum Gasteiger partial charge on any atom is 0.179 e. The third kappa shape index (κ3) is 1.67. The molecule has 0 aromatic carbocycles. The van der Waals surface area contributed by atoms with Gasteiger partial charge in [0.05, 0.1) is 11.7 Å². The molecular weight excluding hydrogens is 312 g/mol. The van der Waals surface area contributed by atoms with Gasteiger partial charge in [-0.1, -0.05) is 0 Å². The number of aromatic nitrogens is 6. The number of hydrogen-bond donors (Lipinski definition) is 1. The molecule has 1 N–H and O–H groups in total. The van der Waals surface area contributed by atoms with Crippen molar-refractivity contribution in [1.29, 1.82) is 0 Å². The van der Waals surface area contributed by atoms with Crippen molar-refractivity contribution in [2.45, 2.75) is 49.5 Å². The standard InChI is InChI=1S/C19H20N6/c1-2-12-24(11-1)19-7-4-18(5-8-19,6-9-19)17-23-22-15-13-21-16-14(25(15)17)3-10-20-16/h1-3,10-13,20H,4-9H2. The Morgan fingerprint density at radius 2 is 1.72 bits per heavy atom. The Labute approximate surface area is 144 Å². The summed E-state index contributed by atoms with van der Waals surface area (Å²) in [6, 6.07) is 6.37. The van der Waals surface area contributed by atoms with Crippen molar-refractivity contribution in [3.8, 4) is 0 Å². The lowest BCUT2D eigenvalue weighted by molar-refractivity contribution is 0.0442. The quantitative estimate of drug-likeness (QED) is 0.612. The molecule has 3 saturated carbocycles. The minimum atomic E-state index is 0.153. The molecule has 0 radical (unpaired) electrons. The van der Waals surface area contributed by atoms with Crippen molar-refractivity contribution in [3.05, 3.63) is 48.8 Å². The van der Waals surface area contributed by atoms with Gasteiger partial charge in [0.1, 0.15) is 5.82 Å². The summed E-state index contributed by atoms with van der Waals surface area (Å²) in [5, 5.41) is 9.09. The molecule has 3 aliphatic carbocycles. The maximum atomic E-state index is 4.65. The Morgan fingerprint density at radius 3 is 2.48 bits per heavy atom. The van der Waals surface area contributed by atoms with Gasteiger partial charge in [-0.15, -0.1) is 10.2 Å². The SMILES string of the molecule is c1ccn(C23CCC(c4nnc5cnc6[nH]ccc6n45)(CC2)CC3)c1. The molecule has 4 aromatic heterocycles. The van der Waals surface area contributed by atoms with Gasteiger partial charge < -0.3 is 9.55 Å². The summed E-state index contributed by atoms with van der Waals surface area (Å²) in [6.07, 6.45) is 15.4. The monoisotopic (exact) mass is 332 g/mol. The fraction of sp³-hybridized carbons (Fsp3) is 0.421. The predicted molar refractivity (Wildman–Crippen MR) is 94.4 cm³/mol. The molecule has 0 amide bonds. The molecule has 6 nitrogen and oxygen atoms in total. The topological polar surface area (TPSA) is 63.8 Å². The number of aromatic amines is 1. The molecular formula is C19H20N6. The molecule has 2 bridgehead atoms. The van der Waals surface area contributed by atoms with Crippen LogP contribution >= 0.6 is 0 Å². The van der Waals surface area contributed by atoms with Gasteiger partial charge in [0, 0.05) is 29.5 Å². The van der Waals surface area contributed by atoms with Crippen LogP contribution < -0.4 is 0 Å². The van der Waals surface area contributed by atoms with Crippen LogP contribution in [0.2, 0.25) is 0 Å². The van der Waals surface area contributed by atoms with E-state index in [1.807, 2.05) is 12.4 Å². The molecule has 0 unspecified atom stereocenters. The number of H-pyrrole nitrogens is 1. The maximum absolute atomic E-state index is 4.65. The Hall–Kier alpha value is -2.63. The van der Waals surface area contributed by atoms with E-state index in [0.29, 0.717) is 5.54 Å². The van der Waals surface area contributed by atoms with E-state index in [9.17, 15) is 0 Å². The Kier molecular flexibility index (Phi) is 2.46. The summed E-state index contributed by atoms with van der Waals surface area (Å²) >= 11 is 0. The van der Waals surface area contributed by atoms with Gasteiger partial charge in [-0.25, -0.2) is 4.98 Å². The van der Waals surface area contributed by atoms with Crippen LogP contribution in [0.1, 0.15) is 44.3 Å². The minimum Gasteiger partial charge on any atom is -0.348 e. The number of nitrogens with one attached hydrogen (secondary N) is 1. The van der Waals surface area contributed by atoms with Gasteiger partial charge in [0.25, 0.3) is 0 Å². The summed E-state index contributed by atoms with van der Waals surface area (Å²) < 4.78 is 4.68. The lowest BCUT2D eigenvalue weighted by Crippen LogP contribution is -2.50. The second-order valence-electron chi connectivity index (χ2n) is 7.78. The normalized spacial score (nSPS) is 29.0. The molecule has 4 heterocycles. The van der Waals surface area contributed by atoms with Crippen molar-refractivity contribution in [2.75, 3.05) is 0 Å². The Bertz CT molecular complexity index is 1050. The van der Waals surface area contributed by atoms with Crippen molar-refractivity contribution in [1.82, 2.24) is 29.1 Å². The van der Waals surface area contributed by atoms with Gasteiger partial charge in [0.2, 0.25) is 0 Å². The largest absolute Gasteiger partial charge is 0.348 e. The summed E-state index contributed by atoms with van der Waals surface area (Å²) in [6.45, 7) is 0. The van der Waals surface area contributed by atoms with Crippen LogP contribution in [-0.4, -0.2) is 29.1 Å². The van der Waals surface area contributed by atoms with Gasteiger partial charge in [-0.2, -0.15) is 0 Å². The third-order valence-corrected chi connectivity index (χ3v) is 6.78. The fourth-order valence-corrected chi connectivity index (χ4v) is 5.26. The first-order valence-electron chi connectivity index (χ1n) is 9.11. The van der Waals surface area contributed by atoms with E-state index in [2.05, 4.69) is 59.7 Å². The van der Waals surface area contributed by atoms with Gasteiger partial charge in [0.15, 0.2) is 11.3 Å². The predicted octanol–water partition coefficient (Wildman–Crippen LogP) is 3.41. The third-order valence-electron chi connectivity index (χ3n) is 6.78. The molecule has 0 saturated heterocycles. The Morgan fingerprint density at radius 1 is 0.960 bits per heavy atom. The van der Waals surface area contributed by atoms with Crippen molar-refractivity contribution in [2.24, 2.45) is 0 Å². The molecule has 126 valence electrons. The summed E-state index contributed by atoms with van der Waals surface area (Å²) in [7, 11) is 0. The molecule has 25 heavy (non-hydrogen) atoms. The van der Waals surface area contributed by atoms with Crippen LogP contribution in [0.25, 0.3) is 16.8 Å². The molecule has 7 rings (SSSR count). The molecule has 6 heteroatoms. The average Bonchev–Trinajstić information content (AvgIpc) is 3.41. The van der Waals surface area contributed by atoms with Crippen molar-refractivity contribution < 1.29 is 0 Å². The van der Waals surface area contributed by atoms with Crippen LogP contribution in [0.15, 0.2) is 43.0 Å². The molecule has 0 atom stereocenters. The summed E-state index contributed by atoms with van der Waals surface area (Å²) in [5.41, 5.74) is 3.30. The highest BCUT2D eigenvalue weighted by atomic mass is 15.3. The van der Waals surface area contributed by atoms with E-state index in [1.165, 1.54) is 38.5 Å². The molecule has 0 aliphatic heterocycles. The van der Waals surface area contributed by atoms with E-state index >= 15 is 0 Å². The zero-order valence-electron chi connectivity index (χ0n) is 14.0. The Balaban J connectivity index is 1.47. The van der Waals surface area contributed by atoms with Gasteiger partial charge in [-0.05, 0) is 56.7 Å². The lowest BCUT2D eigenvalue weighted by atomic mass is 9.56. The fourth-order valence-electron chi connectivity index (χ4n) is 5.26. The number of hydrogen-bond acceptors (Lipinski definition) is 3. The summed E-state index contributed by atoms with van der Waals surface area (Å²) in [5.74, 6) is 1.13. The van der Waals surface area contributed by atoms with Gasteiger partial charge >= 0.3 is 0 Å². The van der Waals surface area contributed by atoms with E-state index in [1.54, 1.807) is 0 Å². The minimum absolute atomic E-state index is 0.153. The first-order chi connectivity index (χ1) is 12.3. The molecule has 3 aliphatic rings. The van der Waals surface area contributed by atoms with Crippen LogP contribution in [0, 0.1) is 0 Å². The highest BCUT2D eigenvalue weighted by molar-refractivity contribution is 5.74. The van der Waals surface area contributed by atoms with Crippen LogP contribution in [0.3, 0.4) is 0 Å². The second-order valence-corrected chi connectivity index (χ2v) is 7.78. The molecule has 0 spiro atoms. The van der Waals surface area contributed by atoms with Gasteiger partial charge in [-0.3, -0.25) is 4.40 Å². The zero-order valence-corrected chi connectivity index (χ0v) is 14.0. The van der Waals surface area contributed by atoms with Crippen LogP contribution in [0.4, 0.5) is 0 Å². The smallest absolute Gasteiger partial charge is 0.179 e. The van der Waals surface area contributed by atoms with E-state index in [-0.39, 0.29) is 5.41 Å². The number of nitrogens with zero attached hydrogens (tertiary/aromatic N) is 5. The second kappa shape index (κ2) is 4.50. The summed E-state index contributed by atoms with van der Waals surface area (Å²) in [4.78, 5) is 7.65. The van der Waals surface area contributed by atoms with Crippen molar-refractivity contribution >= 4 is 16.8 Å². The lowest BCUT2D eigenvalue weighted by Gasteiger charge is -2.53. The highest BCUT2D eigenvalue weighted by Crippen LogP contribution is 2.56. The van der Waals surface area contributed by atoms with Crippen molar-refractivity contribution in [3.63, 3.8) is 0 Å². The zero-order chi connectivity index (χ0) is 16.5. The van der Waals surface area contributed by atoms with Crippen LogP contribution in [-0.2, 0) is 11.0 Å².